The molecule has 2 rings (SSSR count). The van der Waals surface area contributed by atoms with Crippen LogP contribution < -0.4 is 10.0 Å². The maximum absolute atomic E-state index is 12.2. The number of rotatable bonds is 6. The van der Waals surface area contributed by atoms with Crippen LogP contribution in [0.3, 0.4) is 0 Å². The fraction of sp³-hybridized carbons (Fsp3) is 0.286. The lowest BCUT2D eigenvalue weighted by molar-refractivity contribution is 0.560. The molecule has 0 aliphatic carbocycles. The third-order valence-corrected chi connectivity index (χ3v) is 5.27. The van der Waals surface area contributed by atoms with Gasteiger partial charge in [-0.2, -0.15) is 11.3 Å². The number of hydrogen-bond acceptors (Lipinski definition) is 4. The zero-order valence-electron chi connectivity index (χ0n) is 11.5. The van der Waals surface area contributed by atoms with Crippen molar-refractivity contribution in [1.29, 1.82) is 0 Å². The van der Waals surface area contributed by atoms with E-state index in [-0.39, 0.29) is 10.9 Å². The van der Waals surface area contributed by atoms with Gasteiger partial charge in [-0.05, 0) is 60.0 Å². The zero-order chi connectivity index (χ0) is 14.6. The van der Waals surface area contributed by atoms with Crippen LogP contribution in [0.15, 0.2) is 46.0 Å². The third kappa shape index (κ3) is 3.82. The lowest BCUT2D eigenvalue weighted by atomic mass is 10.1. The van der Waals surface area contributed by atoms with Crippen molar-refractivity contribution in [2.75, 3.05) is 12.4 Å². The van der Waals surface area contributed by atoms with E-state index in [0.29, 0.717) is 6.42 Å². The highest BCUT2D eigenvalue weighted by atomic mass is 32.2. The Hall–Kier alpha value is -1.37. The van der Waals surface area contributed by atoms with Gasteiger partial charge in [0.2, 0.25) is 10.0 Å². The molecule has 108 valence electrons. The van der Waals surface area contributed by atoms with Crippen LogP contribution in [0.25, 0.3) is 0 Å². The molecule has 1 aromatic carbocycles. The summed E-state index contributed by atoms with van der Waals surface area (Å²) in [5.41, 5.74) is 2.03. The van der Waals surface area contributed by atoms with Gasteiger partial charge in [0.15, 0.2) is 0 Å². The molecule has 0 fully saturated rings. The van der Waals surface area contributed by atoms with Crippen molar-refractivity contribution in [2.24, 2.45) is 0 Å². The first-order valence-corrected chi connectivity index (χ1v) is 8.75. The lowest BCUT2D eigenvalue weighted by Gasteiger charge is -2.14. The molecule has 0 bridgehead atoms. The fourth-order valence-electron chi connectivity index (χ4n) is 1.94. The highest BCUT2D eigenvalue weighted by Crippen LogP contribution is 2.15. The molecule has 0 aliphatic heterocycles. The number of anilines is 1. The van der Waals surface area contributed by atoms with Crippen LogP contribution in [0.5, 0.6) is 0 Å². The summed E-state index contributed by atoms with van der Waals surface area (Å²) in [6, 6.07) is 8.57. The van der Waals surface area contributed by atoms with Gasteiger partial charge in [-0.1, -0.05) is 0 Å². The van der Waals surface area contributed by atoms with Crippen molar-refractivity contribution in [2.45, 2.75) is 24.3 Å². The van der Waals surface area contributed by atoms with E-state index in [4.69, 9.17) is 0 Å². The fourth-order valence-corrected chi connectivity index (χ4v) is 3.86. The van der Waals surface area contributed by atoms with Gasteiger partial charge < -0.3 is 5.32 Å². The predicted octanol–water partition coefficient (Wildman–Crippen LogP) is 2.70. The Morgan fingerprint density at radius 3 is 2.45 bits per heavy atom. The molecule has 2 aromatic rings. The van der Waals surface area contributed by atoms with Crippen LogP contribution >= 0.6 is 11.3 Å². The Labute approximate surface area is 123 Å². The molecule has 0 aliphatic rings. The number of nitrogens with one attached hydrogen (secondary N) is 2. The molecule has 1 aromatic heterocycles. The number of hydrogen-bond donors (Lipinski definition) is 2. The van der Waals surface area contributed by atoms with Gasteiger partial charge in [0.25, 0.3) is 0 Å². The molecule has 2 N–H and O–H groups in total. The topological polar surface area (TPSA) is 58.2 Å². The van der Waals surface area contributed by atoms with Gasteiger partial charge in [0.1, 0.15) is 0 Å². The highest BCUT2D eigenvalue weighted by molar-refractivity contribution is 7.89. The average molecular weight is 310 g/mol. The summed E-state index contributed by atoms with van der Waals surface area (Å²) in [4.78, 5) is 0.286. The number of thiophene rings is 1. The molecule has 1 heterocycles. The molecule has 1 unspecified atom stereocenters. The molecule has 4 nitrogen and oxygen atoms in total. The zero-order valence-corrected chi connectivity index (χ0v) is 13.1. The summed E-state index contributed by atoms with van der Waals surface area (Å²) in [5.74, 6) is 0. The second-order valence-electron chi connectivity index (χ2n) is 4.63. The van der Waals surface area contributed by atoms with E-state index in [2.05, 4.69) is 10.0 Å². The minimum absolute atomic E-state index is 0.140. The molecule has 0 saturated carbocycles. The molecular formula is C14H18N2O2S2. The van der Waals surface area contributed by atoms with E-state index in [1.54, 1.807) is 42.6 Å². The predicted molar refractivity (Wildman–Crippen MR) is 83.8 cm³/mol. The Balaban J connectivity index is 2.05. The summed E-state index contributed by atoms with van der Waals surface area (Å²) in [6.07, 6.45) is 0.692. The van der Waals surface area contributed by atoms with Crippen LogP contribution in [0.1, 0.15) is 12.5 Å². The van der Waals surface area contributed by atoms with Crippen molar-refractivity contribution < 1.29 is 8.42 Å². The first-order valence-electron chi connectivity index (χ1n) is 6.32. The maximum atomic E-state index is 12.2. The second-order valence-corrected chi connectivity index (χ2v) is 7.13. The van der Waals surface area contributed by atoms with E-state index in [1.165, 1.54) is 0 Å². The van der Waals surface area contributed by atoms with Crippen molar-refractivity contribution in [3.05, 3.63) is 46.7 Å². The van der Waals surface area contributed by atoms with Gasteiger partial charge in [0.05, 0.1) is 4.90 Å². The van der Waals surface area contributed by atoms with Crippen molar-refractivity contribution in [3.8, 4) is 0 Å². The number of sulfonamides is 1. The average Bonchev–Trinajstić information content (AvgIpc) is 2.91. The normalized spacial score (nSPS) is 13.1. The molecule has 0 saturated heterocycles. The Morgan fingerprint density at radius 2 is 1.90 bits per heavy atom. The van der Waals surface area contributed by atoms with Gasteiger partial charge in [-0.3, -0.25) is 0 Å². The summed E-state index contributed by atoms with van der Waals surface area (Å²) >= 11 is 1.62. The molecule has 0 spiro atoms. The van der Waals surface area contributed by atoms with Gasteiger partial charge in [-0.15, -0.1) is 0 Å². The second kappa shape index (κ2) is 6.39. The molecule has 1 atom stereocenters. The van der Waals surface area contributed by atoms with E-state index in [1.807, 2.05) is 23.8 Å². The molecule has 6 heteroatoms. The van der Waals surface area contributed by atoms with Crippen molar-refractivity contribution in [1.82, 2.24) is 4.72 Å². The summed E-state index contributed by atoms with van der Waals surface area (Å²) in [5, 5.41) is 6.99. The van der Waals surface area contributed by atoms with E-state index in [9.17, 15) is 8.42 Å². The largest absolute Gasteiger partial charge is 0.388 e. The Kier molecular flexibility index (Phi) is 4.80. The van der Waals surface area contributed by atoms with Crippen LogP contribution in [0.4, 0.5) is 5.69 Å². The Morgan fingerprint density at radius 1 is 1.20 bits per heavy atom. The van der Waals surface area contributed by atoms with Crippen LogP contribution in [0, 0.1) is 0 Å². The Bertz CT molecular complexity index is 634. The summed E-state index contributed by atoms with van der Waals surface area (Å²) in [7, 11) is -1.67. The quantitative estimate of drug-likeness (QED) is 0.862. The minimum Gasteiger partial charge on any atom is -0.388 e. The number of benzene rings is 1. The summed E-state index contributed by atoms with van der Waals surface area (Å²) < 4.78 is 27.2. The maximum Gasteiger partial charge on any atom is 0.240 e. The molecular weight excluding hydrogens is 292 g/mol. The van der Waals surface area contributed by atoms with Gasteiger partial charge in [0, 0.05) is 18.8 Å². The SMILES string of the molecule is CNc1ccc(S(=O)(=O)NC(C)Cc2ccsc2)cc1. The van der Waals surface area contributed by atoms with Crippen molar-refractivity contribution in [3.63, 3.8) is 0 Å². The van der Waals surface area contributed by atoms with Crippen LogP contribution in [-0.4, -0.2) is 21.5 Å². The first kappa shape index (κ1) is 15.0. The van der Waals surface area contributed by atoms with Crippen molar-refractivity contribution >= 4 is 27.0 Å². The minimum atomic E-state index is -3.46. The monoisotopic (exact) mass is 310 g/mol. The molecule has 0 radical (unpaired) electrons. The third-order valence-electron chi connectivity index (χ3n) is 2.93. The van der Waals surface area contributed by atoms with E-state index in [0.717, 1.165) is 11.3 Å². The van der Waals surface area contributed by atoms with Crippen LogP contribution in [0.2, 0.25) is 0 Å². The highest BCUT2D eigenvalue weighted by Gasteiger charge is 2.17. The summed E-state index contributed by atoms with van der Waals surface area (Å²) in [6.45, 7) is 1.87. The van der Waals surface area contributed by atoms with E-state index >= 15 is 0 Å². The standard InChI is InChI=1S/C14H18N2O2S2/c1-11(9-12-7-8-19-10-12)16-20(17,18)14-5-3-13(15-2)4-6-14/h3-8,10-11,15-16H,9H2,1-2H3. The van der Waals surface area contributed by atoms with Gasteiger partial charge >= 0.3 is 0 Å². The van der Waals surface area contributed by atoms with E-state index < -0.39 is 10.0 Å². The molecule has 0 amide bonds. The lowest BCUT2D eigenvalue weighted by Crippen LogP contribution is -2.34. The smallest absolute Gasteiger partial charge is 0.240 e. The van der Waals surface area contributed by atoms with Crippen LogP contribution in [-0.2, 0) is 16.4 Å². The molecule has 20 heavy (non-hydrogen) atoms. The van der Waals surface area contributed by atoms with Gasteiger partial charge in [-0.25, -0.2) is 13.1 Å². The first-order chi connectivity index (χ1) is 9.51.